The number of aromatic nitrogens is 2. The van der Waals surface area contributed by atoms with Crippen LogP contribution in [0.5, 0.6) is 0 Å². The Balaban J connectivity index is 2.03. The molecule has 6 heteroatoms. The second-order valence-electron chi connectivity index (χ2n) is 4.44. The number of carboxylic acid groups (broad SMARTS) is 1. The van der Waals surface area contributed by atoms with Gasteiger partial charge in [0.25, 0.3) is 0 Å². The smallest absolute Gasteiger partial charge is 0.304 e. The summed E-state index contributed by atoms with van der Waals surface area (Å²) in [5.41, 5.74) is 1.17. The minimum atomic E-state index is -0.712. The van der Waals surface area contributed by atoms with Crippen molar-refractivity contribution in [3.63, 3.8) is 0 Å². The van der Waals surface area contributed by atoms with Crippen LogP contribution in [0, 0.1) is 0 Å². The summed E-state index contributed by atoms with van der Waals surface area (Å²) in [5.74, 6) is 1.28. The van der Waals surface area contributed by atoms with Crippen LogP contribution in [0.15, 0.2) is 12.3 Å². The van der Waals surface area contributed by atoms with Crippen LogP contribution >= 0.6 is 11.8 Å². The Morgan fingerprint density at radius 2 is 2.50 bits per heavy atom. The van der Waals surface area contributed by atoms with E-state index in [9.17, 15) is 4.79 Å². The molecule has 1 aliphatic rings. The number of aliphatic carboxylic acids is 1. The zero-order valence-electron chi connectivity index (χ0n) is 10.6. The number of hydrogen-bond acceptors (Lipinski definition) is 4. The first-order chi connectivity index (χ1) is 8.70. The van der Waals surface area contributed by atoms with Gasteiger partial charge >= 0.3 is 5.97 Å². The molecular formula is C12H19N3O2S. The van der Waals surface area contributed by atoms with E-state index in [-0.39, 0.29) is 12.5 Å². The number of carbonyl (C=O) groups is 1. The maximum Gasteiger partial charge on any atom is 0.304 e. The van der Waals surface area contributed by atoms with Gasteiger partial charge in [0.15, 0.2) is 0 Å². The molecule has 1 saturated heterocycles. The molecule has 0 amide bonds. The van der Waals surface area contributed by atoms with Crippen molar-refractivity contribution in [2.75, 3.05) is 18.1 Å². The molecule has 1 aliphatic heterocycles. The van der Waals surface area contributed by atoms with E-state index in [1.807, 2.05) is 28.7 Å². The molecule has 18 heavy (non-hydrogen) atoms. The van der Waals surface area contributed by atoms with Gasteiger partial charge < -0.3 is 5.11 Å². The van der Waals surface area contributed by atoms with E-state index in [0.717, 1.165) is 31.1 Å². The number of hydrogen-bond donors (Lipinski definition) is 1. The molecular weight excluding hydrogens is 250 g/mol. The first-order valence-electron chi connectivity index (χ1n) is 6.25. The Kier molecular flexibility index (Phi) is 4.66. The minimum Gasteiger partial charge on any atom is -0.481 e. The van der Waals surface area contributed by atoms with E-state index in [2.05, 4.69) is 16.9 Å². The largest absolute Gasteiger partial charge is 0.481 e. The number of thioether (sulfide) groups is 1. The van der Waals surface area contributed by atoms with Crippen molar-refractivity contribution in [2.45, 2.75) is 32.5 Å². The van der Waals surface area contributed by atoms with Crippen molar-refractivity contribution in [3.8, 4) is 0 Å². The summed E-state index contributed by atoms with van der Waals surface area (Å²) in [7, 11) is 0. The van der Waals surface area contributed by atoms with Gasteiger partial charge in [0.2, 0.25) is 0 Å². The van der Waals surface area contributed by atoms with Gasteiger partial charge in [0.1, 0.15) is 0 Å². The Morgan fingerprint density at radius 1 is 1.67 bits per heavy atom. The van der Waals surface area contributed by atoms with Crippen LogP contribution in [0.1, 0.15) is 19.0 Å². The molecule has 0 bridgehead atoms. The van der Waals surface area contributed by atoms with Crippen molar-refractivity contribution >= 4 is 17.7 Å². The molecule has 1 unspecified atom stereocenters. The van der Waals surface area contributed by atoms with E-state index in [1.165, 1.54) is 5.69 Å². The highest BCUT2D eigenvalue weighted by Crippen LogP contribution is 2.21. The van der Waals surface area contributed by atoms with Crippen molar-refractivity contribution in [3.05, 3.63) is 18.0 Å². The molecule has 0 aromatic carbocycles. The van der Waals surface area contributed by atoms with Crippen LogP contribution in [0.4, 0.5) is 0 Å². The van der Waals surface area contributed by atoms with Gasteiger partial charge in [-0.1, -0.05) is 0 Å². The maximum atomic E-state index is 10.9. The summed E-state index contributed by atoms with van der Waals surface area (Å²) < 4.78 is 1.97. The minimum absolute atomic E-state index is 0.140. The fourth-order valence-electron chi connectivity index (χ4n) is 2.27. The summed E-state index contributed by atoms with van der Waals surface area (Å²) in [6.45, 7) is 4.68. The van der Waals surface area contributed by atoms with Crippen molar-refractivity contribution in [2.24, 2.45) is 0 Å². The average Bonchev–Trinajstić information content (AvgIpc) is 2.78. The Labute approximate surface area is 111 Å². The SMILES string of the molecule is CCn1nccc1CN1CCSCC1CC(=O)O. The Bertz CT molecular complexity index is 408. The van der Waals surface area contributed by atoms with Gasteiger partial charge in [-0.05, 0) is 13.0 Å². The molecule has 1 aromatic rings. The molecule has 0 aliphatic carbocycles. The van der Waals surface area contributed by atoms with Crippen molar-refractivity contribution in [1.29, 1.82) is 0 Å². The first-order valence-corrected chi connectivity index (χ1v) is 7.40. The molecule has 0 spiro atoms. The predicted octanol–water partition coefficient (Wildman–Crippen LogP) is 1.30. The van der Waals surface area contributed by atoms with E-state index in [1.54, 1.807) is 0 Å². The molecule has 2 heterocycles. The predicted molar refractivity (Wildman–Crippen MR) is 71.7 cm³/mol. The lowest BCUT2D eigenvalue weighted by Gasteiger charge is -2.34. The third-order valence-electron chi connectivity index (χ3n) is 3.23. The fourth-order valence-corrected chi connectivity index (χ4v) is 3.41. The second kappa shape index (κ2) is 6.24. The average molecular weight is 269 g/mol. The highest BCUT2D eigenvalue weighted by atomic mass is 32.2. The lowest BCUT2D eigenvalue weighted by molar-refractivity contribution is -0.138. The third kappa shape index (κ3) is 3.26. The summed E-state index contributed by atoms with van der Waals surface area (Å²) in [6.07, 6.45) is 2.04. The standard InChI is InChI=1S/C12H19N3O2S/c1-2-15-10(3-4-13-15)8-14-5-6-18-9-11(14)7-12(16)17/h3-4,11H,2,5-9H2,1H3,(H,16,17). The molecule has 0 radical (unpaired) electrons. The van der Waals surface area contributed by atoms with E-state index in [0.29, 0.717) is 0 Å². The number of carboxylic acids is 1. The Morgan fingerprint density at radius 3 is 3.22 bits per heavy atom. The molecule has 1 atom stereocenters. The van der Waals surface area contributed by atoms with Crippen LogP contribution in [-0.4, -0.2) is 49.8 Å². The zero-order chi connectivity index (χ0) is 13.0. The highest BCUT2D eigenvalue weighted by Gasteiger charge is 2.25. The van der Waals surface area contributed by atoms with Gasteiger partial charge in [-0.25, -0.2) is 0 Å². The van der Waals surface area contributed by atoms with Crippen molar-refractivity contribution in [1.82, 2.24) is 14.7 Å². The van der Waals surface area contributed by atoms with Gasteiger partial charge in [-0.15, -0.1) is 0 Å². The number of aryl methyl sites for hydroxylation is 1. The molecule has 100 valence electrons. The summed E-state index contributed by atoms with van der Waals surface area (Å²) in [5, 5.41) is 13.2. The van der Waals surface area contributed by atoms with Crippen molar-refractivity contribution < 1.29 is 9.90 Å². The molecule has 1 aromatic heterocycles. The lowest BCUT2D eigenvalue weighted by Crippen LogP contribution is -2.43. The first kappa shape index (κ1) is 13.4. The van der Waals surface area contributed by atoms with E-state index < -0.39 is 5.97 Å². The molecule has 0 saturated carbocycles. The van der Waals surface area contributed by atoms with Gasteiger partial charge in [-0.2, -0.15) is 16.9 Å². The number of rotatable bonds is 5. The van der Waals surface area contributed by atoms with Gasteiger partial charge in [-0.3, -0.25) is 14.4 Å². The highest BCUT2D eigenvalue weighted by molar-refractivity contribution is 7.99. The normalized spacial score (nSPS) is 21.1. The summed E-state index contributed by atoms with van der Waals surface area (Å²) >= 11 is 1.84. The number of nitrogens with zero attached hydrogens (tertiary/aromatic N) is 3. The van der Waals surface area contributed by atoms with Gasteiger partial charge in [0, 0.05) is 43.4 Å². The van der Waals surface area contributed by atoms with Gasteiger partial charge in [0.05, 0.1) is 12.1 Å². The monoisotopic (exact) mass is 269 g/mol. The topological polar surface area (TPSA) is 58.4 Å². The van der Waals surface area contributed by atoms with E-state index in [4.69, 9.17) is 5.11 Å². The Hall–Kier alpha value is -1.01. The molecule has 2 rings (SSSR count). The van der Waals surface area contributed by atoms with Crippen LogP contribution in [0.2, 0.25) is 0 Å². The maximum absolute atomic E-state index is 10.9. The molecule has 1 fully saturated rings. The van der Waals surface area contributed by atoms with Crippen LogP contribution in [-0.2, 0) is 17.9 Å². The third-order valence-corrected chi connectivity index (χ3v) is 4.32. The lowest BCUT2D eigenvalue weighted by atomic mass is 10.2. The fraction of sp³-hybridized carbons (Fsp3) is 0.667. The summed E-state index contributed by atoms with van der Waals surface area (Å²) in [6, 6.07) is 2.16. The molecule has 5 nitrogen and oxygen atoms in total. The van der Waals surface area contributed by atoms with Crippen LogP contribution < -0.4 is 0 Å². The van der Waals surface area contributed by atoms with Crippen LogP contribution in [0.3, 0.4) is 0 Å². The zero-order valence-corrected chi connectivity index (χ0v) is 11.4. The quantitative estimate of drug-likeness (QED) is 0.873. The van der Waals surface area contributed by atoms with Crippen LogP contribution in [0.25, 0.3) is 0 Å². The molecule has 1 N–H and O–H groups in total. The summed E-state index contributed by atoms with van der Waals surface area (Å²) in [4.78, 5) is 13.2. The second-order valence-corrected chi connectivity index (χ2v) is 5.59. The van der Waals surface area contributed by atoms with E-state index >= 15 is 0 Å².